The number of carbonyl (C=O) groups excluding carboxylic acids is 1. The summed E-state index contributed by atoms with van der Waals surface area (Å²) in [7, 11) is 0. The molecule has 0 N–H and O–H groups in total. The van der Waals surface area contributed by atoms with Gasteiger partial charge < -0.3 is 9.47 Å². The van der Waals surface area contributed by atoms with E-state index in [1.165, 1.54) is 0 Å². The second-order valence-corrected chi connectivity index (χ2v) is 3.76. The third-order valence-electron chi connectivity index (χ3n) is 2.07. The topological polar surface area (TPSA) is 38.8 Å². The van der Waals surface area contributed by atoms with Crippen LogP contribution in [0.15, 0.2) is 12.2 Å². The third kappa shape index (κ3) is 3.59. The summed E-state index contributed by atoms with van der Waals surface area (Å²) in [5, 5.41) is 0. The molecule has 1 unspecified atom stereocenters. The van der Waals surface area contributed by atoms with Crippen molar-refractivity contribution in [3.05, 3.63) is 12.2 Å². The van der Waals surface area contributed by atoms with Crippen LogP contribution < -0.4 is 0 Å². The molecule has 3 heteroatoms. The molecule has 0 saturated carbocycles. The van der Waals surface area contributed by atoms with Crippen LogP contribution in [0.2, 0.25) is 0 Å². The van der Waals surface area contributed by atoms with E-state index in [0.717, 1.165) is 19.4 Å². The molecule has 0 amide bonds. The highest BCUT2D eigenvalue weighted by molar-refractivity contribution is 5.86. The van der Waals surface area contributed by atoms with Crippen molar-refractivity contribution in [3.63, 3.8) is 0 Å². The lowest BCUT2D eigenvalue weighted by Crippen LogP contribution is -2.10. The minimum atomic E-state index is -0.304. The molecule has 1 aliphatic heterocycles. The SMILES string of the molecule is C=C(C)C(=O)OCCCC1(C)CO1. The summed E-state index contributed by atoms with van der Waals surface area (Å²) in [6.45, 7) is 8.50. The van der Waals surface area contributed by atoms with Gasteiger partial charge in [0.1, 0.15) is 0 Å². The first-order valence-corrected chi connectivity index (χ1v) is 4.50. The minimum Gasteiger partial charge on any atom is -0.462 e. The van der Waals surface area contributed by atoms with E-state index in [2.05, 4.69) is 13.5 Å². The molecule has 1 aliphatic rings. The first-order valence-electron chi connectivity index (χ1n) is 4.50. The van der Waals surface area contributed by atoms with Crippen LogP contribution in [0.4, 0.5) is 0 Å². The zero-order chi connectivity index (χ0) is 9.90. The fourth-order valence-electron chi connectivity index (χ4n) is 1.00. The Morgan fingerprint density at radius 3 is 2.77 bits per heavy atom. The molecule has 74 valence electrons. The van der Waals surface area contributed by atoms with Crippen molar-refractivity contribution in [2.45, 2.75) is 32.3 Å². The Morgan fingerprint density at radius 1 is 1.69 bits per heavy atom. The van der Waals surface area contributed by atoms with Crippen LogP contribution in [-0.2, 0) is 14.3 Å². The van der Waals surface area contributed by atoms with Crippen molar-refractivity contribution in [1.82, 2.24) is 0 Å². The maximum absolute atomic E-state index is 10.9. The lowest BCUT2D eigenvalue weighted by molar-refractivity contribution is -0.139. The van der Waals surface area contributed by atoms with Crippen molar-refractivity contribution in [2.24, 2.45) is 0 Å². The lowest BCUT2D eigenvalue weighted by atomic mass is 10.1. The highest BCUT2D eigenvalue weighted by Crippen LogP contribution is 2.30. The number of ether oxygens (including phenoxy) is 2. The molecular weight excluding hydrogens is 168 g/mol. The molecule has 0 spiro atoms. The van der Waals surface area contributed by atoms with Crippen LogP contribution in [0.3, 0.4) is 0 Å². The molecule has 0 aliphatic carbocycles. The normalized spacial score (nSPS) is 25.4. The molecule has 13 heavy (non-hydrogen) atoms. The van der Waals surface area contributed by atoms with E-state index in [1.807, 2.05) is 0 Å². The van der Waals surface area contributed by atoms with Gasteiger partial charge in [-0.2, -0.15) is 0 Å². The predicted molar refractivity (Wildman–Crippen MR) is 49.4 cm³/mol. The van der Waals surface area contributed by atoms with Crippen molar-refractivity contribution in [2.75, 3.05) is 13.2 Å². The monoisotopic (exact) mass is 184 g/mol. The molecule has 0 aromatic rings. The van der Waals surface area contributed by atoms with Gasteiger partial charge in [0.2, 0.25) is 0 Å². The molecular formula is C10H16O3. The van der Waals surface area contributed by atoms with Gasteiger partial charge in [0.05, 0.1) is 18.8 Å². The van der Waals surface area contributed by atoms with Gasteiger partial charge in [0.25, 0.3) is 0 Å². The first-order chi connectivity index (χ1) is 6.03. The Hall–Kier alpha value is -0.830. The molecule has 0 bridgehead atoms. The average molecular weight is 184 g/mol. The van der Waals surface area contributed by atoms with Crippen LogP contribution >= 0.6 is 0 Å². The number of esters is 1. The van der Waals surface area contributed by atoms with E-state index in [1.54, 1.807) is 6.92 Å². The fraction of sp³-hybridized carbons (Fsp3) is 0.700. The van der Waals surface area contributed by atoms with E-state index in [9.17, 15) is 4.79 Å². The molecule has 1 atom stereocenters. The van der Waals surface area contributed by atoms with Gasteiger partial charge in [-0.3, -0.25) is 0 Å². The van der Waals surface area contributed by atoms with Gasteiger partial charge in [0.15, 0.2) is 0 Å². The summed E-state index contributed by atoms with van der Waals surface area (Å²) >= 11 is 0. The van der Waals surface area contributed by atoms with Crippen molar-refractivity contribution < 1.29 is 14.3 Å². The summed E-state index contributed by atoms with van der Waals surface area (Å²) in [4.78, 5) is 10.9. The standard InChI is InChI=1S/C10H16O3/c1-8(2)9(11)12-6-4-5-10(3)7-13-10/h1,4-7H2,2-3H3. The van der Waals surface area contributed by atoms with Crippen molar-refractivity contribution >= 4 is 5.97 Å². The fourth-order valence-corrected chi connectivity index (χ4v) is 1.00. The molecule has 1 fully saturated rings. The quantitative estimate of drug-likeness (QED) is 0.282. The first kappa shape index (κ1) is 10.3. The second-order valence-electron chi connectivity index (χ2n) is 3.76. The van der Waals surface area contributed by atoms with E-state index in [-0.39, 0.29) is 11.6 Å². The maximum Gasteiger partial charge on any atom is 0.333 e. The summed E-state index contributed by atoms with van der Waals surface area (Å²) in [5.41, 5.74) is 0.518. The van der Waals surface area contributed by atoms with E-state index >= 15 is 0 Å². The molecule has 1 saturated heterocycles. The average Bonchev–Trinajstić information content (AvgIpc) is 2.78. The van der Waals surface area contributed by atoms with Gasteiger partial charge in [-0.1, -0.05) is 6.58 Å². The maximum atomic E-state index is 10.9. The molecule has 0 radical (unpaired) electrons. The van der Waals surface area contributed by atoms with Crippen LogP contribution in [0.25, 0.3) is 0 Å². The number of hydrogen-bond donors (Lipinski definition) is 0. The Morgan fingerprint density at radius 2 is 2.31 bits per heavy atom. The highest BCUT2D eigenvalue weighted by atomic mass is 16.6. The van der Waals surface area contributed by atoms with E-state index < -0.39 is 0 Å². The molecule has 1 rings (SSSR count). The molecule has 0 aromatic carbocycles. The molecule has 3 nitrogen and oxygen atoms in total. The van der Waals surface area contributed by atoms with Crippen molar-refractivity contribution in [3.8, 4) is 0 Å². The molecule has 0 aromatic heterocycles. The zero-order valence-corrected chi connectivity index (χ0v) is 8.26. The third-order valence-corrected chi connectivity index (χ3v) is 2.07. The largest absolute Gasteiger partial charge is 0.462 e. The summed E-state index contributed by atoms with van der Waals surface area (Å²) in [6.07, 6.45) is 1.81. The Bertz CT molecular complexity index is 216. The van der Waals surface area contributed by atoms with Crippen molar-refractivity contribution in [1.29, 1.82) is 0 Å². The summed E-state index contributed by atoms with van der Waals surface area (Å²) in [6, 6.07) is 0. The number of rotatable bonds is 5. The van der Waals surface area contributed by atoms with E-state index in [0.29, 0.717) is 12.2 Å². The van der Waals surface area contributed by atoms with Gasteiger partial charge in [-0.05, 0) is 26.7 Å². The van der Waals surface area contributed by atoms with Crippen LogP contribution in [0.1, 0.15) is 26.7 Å². The zero-order valence-electron chi connectivity index (χ0n) is 8.26. The van der Waals surface area contributed by atoms with Crippen LogP contribution in [-0.4, -0.2) is 24.8 Å². The minimum absolute atomic E-state index is 0.0651. The van der Waals surface area contributed by atoms with E-state index in [4.69, 9.17) is 9.47 Å². The highest BCUT2D eigenvalue weighted by Gasteiger charge is 2.38. The van der Waals surface area contributed by atoms with Gasteiger partial charge >= 0.3 is 5.97 Å². The Kier molecular flexibility index (Phi) is 3.09. The lowest BCUT2D eigenvalue weighted by Gasteiger charge is -2.05. The number of epoxide rings is 1. The smallest absolute Gasteiger partial charge is 0.333 e. The summed E-state index contributed by atoms with van der Waals surface area (Å²) < 4.78 is 10.1. The van der Waals surface area contributed by atoms with Crippen LogP contribution in [0.5, 0.6) is 0 Å². The van der Waals surface area contributed by atoms with Gasteiger partial charge in [0, 0.05) is 5.57 Å². The molecule has 1 heterocycles. The van der Waals surface area contributed by atoms with Gasteiger partial charge in [-0.15, -0.1) is 0 Å². The second kappa shape index (κ2) is 3.92. The van der Waals surface area contributed by atoms with Crippen LogP contribution in [0, 0.1) is 0 Å². The Labute approximate surface area is 78.7 Å². The summed E-state index contributed by atoms with van der Waals surface area (Å²) in [5.74, 6) is -0.304. The predicted octanol–water partition coefficient (Wildman–Crippen LogP) is 1.67. The number of carbonyl (C=O) groups is 1. The Balaban J connectivity index is 2.01. The number of hydrogen-bond acceptors (Lipinski definition) is 3. The van der Waals surface area contributed by atoms with Gasteiger partial charge in [-0.25, -0.2) is 4.79 Å².